The number of nitrogens with one attached hydrogen (secondary N) is 1. The summed E-state index contributed by atoms with van der Waals surface area (Å²) in [7, 11) is 0. The molecule has 5 heteroatoms. The van der Waals surface area contributed by atoms with Gasteiger partial charge in [0.1, 0.15) is 6.04 Å². The molecule has 5 nitrogen and oxygen atoms in total. The van der Waals surface area contributed by atoms with Gasteiger partial charge in [-0.25, -0.2) is 4.79 Å². The van der Waals surface area contributed by atoms with Gasteiger partial charge in [-0.1, -0.05) is 43.7 Å². The van der Waals surface area contributed by atoms with E-state index in [9.17, 15) is 9.59 Å². The zero-order valence-electron chi connectivity index (χ0n) is 14.2. The van der Waals surface area contributed by atoms with E-state index in [-0.39, 0.29) is 11.9 Å². The Bertz CT molecular complexity index is 833. The van der Waals surface area contributed by atoms with Gasteiger partial charge in [0.2, 0.25) is 5.91 Å². The Labute approximate surface area is 147 Å². The van der Waals surface area contributed by atoms with E-state index >= 15 is 0 Å². The molecule has 1 unspecified atom stereocenters. The van der Waals surface area contributed by atoms with Gasteiger partial charge in [-0.05, 0) is 36.6 Å². The summed E-state index contributed by atoms with van der Waals surface area (Å²) in [5, 5.41) is 2.94. The fourth-order valence-electron chi connectivity index (χ4n) is 3.73. The molecule has 1 atom stereocenters. The molecule has 0 fully saturated rings. The summed E-state index contributed by atoms with van der Waals surface area (Å²) >= 11 is 0. The van der Waals surface area contributed by atoms with Crippen LogP contribution in [0.25, 0.3) is 0 Å². The normalized spacial score (nSPS) is 18.6. The standard InChI is InChI=1S/C20H21N3O2/c1-2-7-18-19(24)21-15-9-4-6-11-17(15)23(18)20(25)22-13-12-14-8-3-5-10-16(14)22/h3-6,8-11,18H,2,7,12-13H2,1H3,(H,21,24). The predicted octanol–water partition coefficient (Wildman–Crippen LogP) is 3.80. The van der Waals surface area contributed by atoms with Crippen molar-refractivity contribution in [1.29, 1.82) is 0 Å². The molecule has 0 saturated carbocycles. The van der Waals surface area contributed by atoms with Gasteiger partial charge in [0, 0.05) is 12.2 Å². The second-order valence-corrected chi connectivity index (χ2v) is 6.49. The number of para-hydroxylation sites is 3. The van der Waals surface area contributed by atoms with Crippen molar-refractivity contribution in [1.82, 2.24) is 0 Å². The first-order chi connectivity index (χ1) is 12.2. The lowest BCUT2D eigenvalue weighted by atomic mass is 10.0. The zero-order valence-corrected chi connectivity index (χ0v) is 14.2. The number of fused-ring (bicyclic) bond motifs is 2. The Morgan fingerprint density at radius 1 is 1.12 bits per heavy atom. The molecule has 0 saturated heterocycles. The van der Waals surface area contributed by atoms with Crippen LogP contribution in [0, 0.1) is 0 Å². The third-order valence-electron chi connectivity index (χ3n) is 4.92. The maximum absolute atomic E-state index is 13.4. The number of hydrogen-bond acceptors (Lipinski definition) is 2. The minimum Gasteiger partial charge on any atom is -0.322 e. The van der Waals surface area contributed by atoms with E-state index in [0.717, 1.165) is 24.2 Å². The molecule has 0 aliphatic carbocycles. The van der Waals surface area contributed by atoms with Gasteiger partial charge in [0.05, 0.1) is 11.4 Å². The number of rotatable bonds is 2. The van der Waals surface area contributed by atoms with Crippen molar-refractivity contribution >= 4 is 29.0 Å². The summed E-state index contributed by atoms with van der Waals surface area (Å²) < 4.78 is 0. The van der Waals surface area contributed by atoms with Gasteiger partial charge >= 0.3 is 6.03 Å². The van der Waals surface area contributed by atoms with Crippen LogP contribution in [-0.4, -0.2) is 24.5 Å². The molecule has 2 heterocycles. The number of carbonyl (C=O) groups is 2. The summed E-state index contributed by atoms with van der Waals surface area (Å²) in [4.78, 5) is 29.5. The molecule has 128 valence electrons. The van der Waals surface area contributed by atoms with Crippen LogP contribution < -0.4 is 15.1 Å². The fourth-order valence-corrected chi connectivity index (χ4v) is 3.73. The van der Waals surface area contributed by atoms with Gasteiger partial charge in [-0.2, -0.15) is 0 Å². The number of anilines is 3. The van der Waals surface area contributed by atoms with E-state index in [1.54, 1.807) is 9.80 Å². The highest BCUT2D eigenvalue weighted by Crippen LogP contribution is 2.36. The van der Waals surface area contributed by atoms with Crippen molar-refractivity contribution in [2.45, 2.75) is 32.2 Å². The first-order valence-corrected chi connectivity index (χ1v) is 8.79. The lowest BCUT2D eigenvalue weighted by molar-refractivity contribution is -0.117. The highest BCUT2D eigenvalue weighted by atomic mass is 16.2. The van der Waals surface area contributed by atoms with Crippen molar-refractivity contribution in [3.05, 3.63) is 54.1 Å². The van der Waals surface area contributed by atoms with Crippen molar-refractivity contribution in [3.8, 4) is 0 Å². The highest BCUT2D eigenvalue weighted by molar-refractivity contribution is 6.15. The third-order valence-corrected chi connectivity index (χ3v) is 4.92. The van der Waals surface area contributed by atoms with Crippen molar-refractivity contribution in [3.63, 3.8) is 0 Å². The van der Waals surface area contributed by atoms with Crippen LogP contribution in [0.2, 0.25) is 0 Å². The Balaban J connectivity index is 1.76. The lowest BCUT2D eigenvalue weighted by Crippen LogP contribution is -2.55. The van der Waals surface area contributed by atoms with E-state index in [4.69, 9.17) is 0 Å². The first-order valence-electron chi connectivity index (χ1n) is 8.79. The van der Waals surface area contributed by atoms with Gasteiger partial charge in [-0.15, -0.1) is 0 Å². The number of carbonyl (C=O) groups excluding carboxylic acids is 2. The van der Waals surface area contributed by atoms with E-state index < -0.39 is 6.04 Å². The highest BCUT2D eigenvalue weighted by Gasteiger charge is 2.39. The molecule has 0 bridgehead atoms. The molecule has 2 aliphatic rings. The second kappa shape index (κ2) is 6.24. The SMILES string of the molecule is CCCC1C(=O)Nc2ccccc2N1C(=O)N1CCc2ccccc21. The first kappa shape index (κ1) is 15.7. The summed E-state index contributed by atoms with van der Waals surface area (Å²) in [6.45, 7) is 2.68. The molecule has 0 spiro atoms. The van der Waals surface area contributed by atoms with Gasteiger partial charge in [-0.3, -0.25) is 14.6 Å². The van der Waals surface area contributed by atoms with Crippen LogP contribution in [0.4, 0.5) is 21.9 Å². The average Bonchev–Trinajstić information content (AvgIpc) is 3.06. The van der Waals surface area contributed by atoms with Crippen molar-refractivity contribution in [2.75, 3.05) is 21.7 Å². The molecule has 2 aromatic rings. The summed E-state index contributed by atoms with van der Waals surface area (Å²) in [5.74, 6) is -0.110. The molecule has 1 N–H and O–H groups in total. The van der Waals surface area contributed by atoms with Crippen LogP contribution in [0.15, 0.2) is 48.5 Å². The van der Waals surface area contributed by atoms with E-state index in [0.29, 0.717) is 18.7 Å². The zero-order chi connectivity index (χ0) is 17.4. The number of benzene rings is 2. The largest absolute Gasteiger partial charge is 0.329 e. The number of nitrogens with zero attached hydrogens (tertiary/aromatic N) is 2. The second-order valence-electron chi connectivity index (χ2n) is 6.49. The Morgan fingerprint density at radius 2 is 1.84 bits per heavy atom. The molecular formula is C20H21N3O2. The van der Waals surface area contributed by atoms with Gasteiger partial charge < -0.3 is 5.32 Å². The summed E-state index contributed by atoms with van der Waals surface area (Å²) in [6.07, 6.45) is 2.32. The van der Waals surface area contributed by atoms with Crippen LogP contribution in [0.3, 0.4) is 0 Å². The average molecular weight is 335 g/mol. The van der Waals surface area contributed by atoms with Gasteiger partial charge in [0.25, 0.3) is 0 Å². The monoisotopic (exact) mass is 335 g/mol. The Morgan fingerprint density at radius 3 is 2.64 bits per heavy atom. The van der Waals surface area contributed by atoms with Crippen LogP contribution in [-0.2, 0) is 11.2 Å². The molecule has 25 heavy (non-hydrogen) atoms. The molecule has 4 rings (SSSR count). The van der Waals surface area contributed by atoms with E-state index in [1.165, 1.54) is 5.56 Å². The Hall–Kier alpha value is -2.82. The van der Waals surface area contributed by atoms with Crippen LogP contribution in [0.5, 0.6) is 0 Å². The van der Waals surface area contributed by atoms with E-state index in [2.05, 4.69) is 11.4 Å². The number of amides is 3. The number of hydrogen-bond donors (Lipinski definition) is 1. The van der Waals surface area contributed by atoms with Crippen molar-refractivity contribution in [2.24, 2.45) is 0 Å². The molecule has 3 amide bonds. The predicted molar refractivity (Wildman–Crippen MR) is 99.1 cm³/mol. The Kier molecular flexibility index (Phi) is 3.92. The topological polar surface area (TPSA) is 52.7 Å². The molecular weight excluding hydrogens is 314 g/mol. The molecule has 0 aromatic heterocycles. The van der Waals surface area contributed by atoms with Crippen LogP contribution in [0.1, 0.15) is 25.3 Å². The smallest absolute Gasteiger partial charge is 0.322 e. The quantitative estimate of drug-likeness (QED) is 0.907. The summed E-state index contributed by atoms with van der Waals surface area (Å²) in [5.41, 5.74) is 3.60. The third kappa shape index (κ3) is 2.56. The molecule has 0 radical (unpaired) electrons. The van der Waals surface area contributed by atoms with E-state index in [1.807, 2.05) is 49.4 Å². The maximum Gasteiger partial charge on any atom is 0.329 e. The fraction of sp³-hybridized carbons (Fsp3) is 0.300. The summed E-state index contributed by atoms with van der Waals surface area (Å²) in [6, 6.07) is 14.9. The molecule has 2 aliphatic heterocycles. The molecule has 2 aromatic carbocycles. The van der Waals surface area contributed by atoms with Crippen molar-refractivity contribution < 1.29 is 9.59 Å². The number of urea groups is 1. The minimum atomic E-state index is -0.472. The lowest BCUT2D eigenvalue weighted by Gasteiger charge is -2.38. The van der Waals surface area contributed by atoms with Gasteiger partial charge in [0.15, 0.2) is 0 Å². The van der Waals surface area contributed by atoms with Crippen LogP contribution >= 0.6 is 0 Å². The minimum absolute atomic E-state index is 0.110. The maximum atomic E-state index is 13.4.